The highest BCUT2D eigenvalue weighted by atomic mass is 16.3. The number of rotatable bonds is 6. The number of carbonyl (C=O) groups excluding carboxylic acids is 2. The van der Waals surface area contributed by atoms with E-state index in [2.05, 4.69) is 10.6 Å². The van der Waals surface area contributed by atoms with E-state index < -0.39 is 0 Å². The van der Waals surface area contributed by atoms with Crippen LogP contribution in [0.3, 0.4) is 0 Å². The number of para-hydroxylation sites is 1. The van der Waals surface area contributed by atoms with Crippen molar-refractivity contribution in [1.82, 2.24) is 10.2 Å². The number of likely N-dealkylation sites (N-methyl/N-ethyl adjacent to an activating group) is 1. The molecule has 1 aromatic heterocycles. The highest BCUT2D eigenvalue weighted by molar-refractivity contribution is 6.04. The van der Waals surface area contributed by atoms with E-state index in [4.69, 9.17) is 4.42 Å². The van der Waals surface area contributed by atoms with Crippen LogP contribution in [0.5, 0.6) is 0 Å². The van der Waals surface area contributed by atoms with Crippen LogP contribution >= 0.6 is 0 Å². The van der Waals surface area contributed by atoms with Gasteiger partial charge in [-0.05, 0) is 49.7 Å². The Kier molecular flexibility index (Phi) is 5.62. The molecule has 0 bridgehead atoms. The molecule has 1 saturated heterocycles. The molecular weight excluding hydrogens is 366 g/mol. The number of carbonyl (C=O) groups is 2. The van der Waals surface area contributed by atoms with Crippen molar-refractivity contribution in [3.05, 3.63) is 65.9 Å². The van der Waals surface area contributed by atoms with Crippen molar-refractivity contribution in [2.45, 2.75) is 25.3 Å². The third-order valence-electron chi connectivity index (χ3n) is 5.35. The standard InChI is InChI=1S/C23H25N3O3/c1-24-15-19-6-4-12-26(19)22(27)13-16-8-10-18(11-9-16)25-23(28)21-14-17-5-2-3-7-20(17)29-21/h2-3,5,7-11,14,19,24H,4,6,12-13,15H2,1H3,(H,25,28). The molecule has 0 saturated carbocycles. The van der Waals surface area contributed by atoms with Crippen LogP contribution < -0.4 is 10.6 Å². The van der Waals surface area contributed by atoms with Gasteiger partial charge in [0.25, 0.3) is 5.91 Å². The van der Waals surface area contributed by atoms with Crippen LogP contribution in [0.1, 0.15) is 29.0 Å². The summed E-state index contributed by atoms with van der Waals surface area (Å²) in [4.78, 5) is 27.1. The molecule has 1 aliphatic heterocycles. The first-order valence-corrected chi connectivity index (χ1v) is 9.97. The summed E-state index contributed by atoms with van der Waals surface area (Å²) in [7, 11) is 1.92. The Morgan fingerprint density at radius 3 is 2.69 bits per heavy atom. The van der Waals surface area contributed by atoms with E-state index in [9.17, 15) is 9.59 Å². The maximum atomic E-state index is 12.6. The third-order valence-corrected chi connectivity index (χ3v) is 5.35. The lowest BCUT2D eigenvalue weighted by Crippen LogP contribution is -2.41. The van der Waals surface area contributed by atoms with Crippen LogP contribution in [0.4, 0.5) is 5.69 Å². The molecular formula is C23H25N3O3. The number of hydrogen-bond donors (Lipinski definition) is 2. The van der Waals surface area contributed by atoms with Crippen LogP contribution in [0, 0.1) is 0 Å². The molecule has 2 heterocycles. The van der Waals surface area contributed by atoms with Gasteiger partial charge in [-0.3, -0.25) is 9.59 Å². The minimum absolute atomic E-state index is 0.154. The fraction of sp³-hybridized carbons (Fsp3) is 0.304. The Morgan fingerprint density at radius 1 is 1.14 bits per heavy atom. The summed E-state index contributed by atoms with van der Waals surface area (Å²) >= 11 is 0. The van der Waals surface area contributed by atoms with E-state index in [1.54, 1.807) is 6.07 Å². The second-order valence-electron chi connectivity index (χ2n) is 7.42. The van der Waals surface area contributed by atoms with Gasteiger partial charge < -0.3 is 20.0 Å². The minimum Gasteiger partial charge on any atom is -0.451 e. The van der Waals surface area contributed by atoms with Crippen LogP contribution in [0.25, 0.3) is 11.0 Å². The summed E-state index contributed by atoms with van der Waals surface area (Å²) in [6, 6.07) is 16.9. The molecule has 6 nitrogen and oxygen atoms in total. The van der Waals surface area contributed by atoms with Crippen molar-refractivity contribution >= 4 is 28.5 Å². The Hall–Kier alpha value is -3.12. The van der Waals surface area contributed by atoms with E-state index in [0.717, 1.165) is 36.9 Å². The Labute approximate surface area is 169 Å². The average molecular weight is 391 g/mol. The van der Waals surface area contributed by atoms with Crippen LogP contribution in [-0.2, 0) is 11.2 Å². The lowest BCUT2D eigenvalue weighted by atomic mass is 10.1. The van der Waals surface area contributed by atoms with Crippen LogP contribution in [-0.4, -0.2) is 42.9 Å². The lowest BCUT2D eigenvalue weighted by molar-refractivity contribution is -0.131. The van der Waals surface area contributed by atoms with E-state index in [0.29, 0.717) is 17.7 Å². The van der Waals surface area contributed by atoms with Gasteiger partial charge in [0.15, 0.2) is 5.76 Å². The predicted octanol–water partition coefficient (Wildman–Crippen LogP) is 3.44. The van der Waals surface area contributed by atoms with Crippen molar-refractivity contribution in [2.75, 3.05) is 25.5 Å². The summed E-state index contributed by atoms with van der Waals surface area (Å²) < 4.78 is 5.60. The maximum Gasteiger partial charge on any atom is 0.291 e. The zero-order chi connectivity index (χ0) is 20.2. The predicted molar refractivity (Wildman–Crippen MR) is 113 cm³/mol. The molecule has 1 atom stereocenters. The topological polar surface area (TPSA) is 74.6 Å². The quantitative estimate of drug-likeness (QED) is 0.675. The monoisotopic (exact) mass is 391 g/mol. The summed E-state index contributed by atoms with van der Waals surface area (Å²) in [5, 5.41) is 6.90. The number of anilines is 1. The van der Waals surface area contributed by atoms with Gasteiger partial charge in [-0.15, -0.1) is 0 Å². The molecule has 0 spiro atoms. The molecule has 1 fully saturated rings. The molecule has 3 aromatic rings. The molecule has 0 aliphatic carbocycles. The SMILES string of the molecule is CNCC1CCCN1C(=O)Cc1ccc(NC(=O)c2cc3ccccc3o2)cc1. The third kappa shape index (κ3) is 4.32. The summed E-state index contributed by atoms with van der Waals surface area (Å²) in [5.41, 5.74) is 2.29. The van der Waals surface area contributed by atoms with Gasteiger partial charge in [-0.25, -0.2) is 0 Å². The fourth-order valence-corrected chi connectivity index (χ4v) is 3.88. The average Bonchev–Trinajstić information content (AvgIpc) is 3.36. The van der Waals surface area contributed by atoms with Crippen molar-refractivity contribution < 1.29 is 14.0 Å². The molecule has 6 heteroatoms. The van der Waals surface area contributed by atoms with Gasteiger partial charge in [0.2, 0.25) is 5.91 Å². The van der Waals surface area contributed by atoms with E-state index in [1.165, 1.54) is 0 Å². The molecule has 1 aliphatic rings. The summed E-state index contributed by atoms with van der Waals surface area (Å²) in [6.45, 7) is 1.66. The molecule has 29 heavy (non-hydrogen) atoms. The highest BCUT2D eigenvalue weighted by Gasteiger charge is 2.27. The van der Waals surface area contributed by atoms with Gasteiger partial charge >= 0.3 is 0 Å². The number of amides is 2. The smallest absolute Gasteiger partial charge is 0.291 e. The van der Waals surface area contributed by atoms with Gasteiger partial charge in [0, 0.05) is 30.2 Å². The first-order valence-electron chi connectivity index (χ1n) is 9.97. The number of benzene rings is 2. The number of hydrogen-bond acceptors (Lipinski definition) is 4. The molecule has 2 amide bonds. The molecule has 150 valence electrons. The molecule has 2 N–H and O–H groups in total. The van der Waals surface area contributed by atoms with Crippen molar-refractivity contribution in [1.29, 1.82) is 0 Å². The first kappa shape index (κ1) is 19.2. The van der Waals surface area contributed by atoms with Crippen LogP contribution in [0.15, 0.2) is 59.0 Å². The number of fused-ring (bicyclic) bond motifs is 1. The molecule has 4 rings (SSSR count). The first-order chi connectivity index (χ1) is 14.1. The van der Waals surface area contributed by atoms with Gasteiger partial charge in [0.1, 0.15) is 5.58 Å². The van der Waals surface area contributed by atoms with Crippen molar-refractivity contribution in [2.24, 2.45) is 0 Å². The summed E-state index contributed by atoms with van der Waals surface area (Å²) in [5.74, 6) is 0.133. The van der Waals surface area contributed by atoms with Crippen LogP contribution in [0.2, 0.25) is 0 Å². The number of nitrogens with zero attached hydrogens (tertiary/aromatic N) is 1. The fourth-order valence-electron chi connectivity index (χ4n) is 3.88. The second kappa shape index (κ2) is 8.49. The maximum absolute atomic E-state index is 12.6. The van der Waals surface area contributed by atoms with Crippen molar-refractivity contribution in [3.63, 3.8) is 0 Å². The largest absolute Gasteiger partial charge is 0.451 e. The Bertz CT molecular complexity index is 977. The molecule has 2 aromatic carbocycles. The Morgan fingerprint density at radius 2 is 1.93 bits per heavy atom. The van der Waals surface area contributed by atoms with E-state index in [-0.39, 0.29) is 23.6 Å². The zero-order valence-electron chi connectivity index (χ0n) is 16.5. The zero-order valence-corrected chi connectivity index (χ0v) is 16.5. The lowest BCUT2D eigenvalue weighted by Gasteiger charge is -2.24. The normalized spacial score (nSPS) is 16.3. The summed E-state index contributed by atoms with van der Waals surface area (Å²) in [6.07, 6.45) is 2.49. The molecule has 0 radical (unpaired) electrons. The second-order valence-corrected chi connectivity index (χ2v) is 7.42. The van der Waals surface area contributed by atoms with Gasteiger partial charge in [-0.2, -0.15) is 0 Å². The van der Waals surface area contributed by atoms with Gasteiger partial charge in [-0.1, -0.05) is 30.3 Å². The minimum atomic E-state index is -0.294. The Balaban J connectivity index is 1.37. The molecule has 1 unspecified atom stereocenters. The number of nitrogens with one attached hydrogen (secondary N) is 2. The number of likely N-dealkylation sites (tertiary alicyclic amines) is 1. The number of furan rings is 1. The van der Waals surface area contributed by atoms with Gasteiger partial charge in [0.05, 0.1) is 6.42 Å². The van der Waals surface area contributed by atoms with E-state index in [1.807, 2.05) is 60.5 Å². The van der Waals surface area contributed by atoms with Crippen molar-refractivity contribution in [3.8, 4) is 0 Å². The van der Waals surface area contributed by atoms with E-state index >= 15 is 0 Å². The highest BCUT2D eigenvalue weighted by Crippen LogP contribution is 2.21.